The molecule has 134 valence electrons. The number of fused-ring (bicyclic) bond motifs is 1. The Labute approximate surface area is 158 Å². The SMILES string of the molecule is CC(C)(C)[Si](O[C@@H]1C[C@@H]2C[C@]2(C#N)C1)(c1ccccc1)c1ccccc1. The van der Waals surface area contributed by atoms with Crippen LogP contribution < -0.4 is 10.4 Å². The molecule has 0 N–H and O–H groups in total. The van der Waals surface area contributed by atoms with Crippen molar-refractivity contribution in [2.24, 2.45) is 11.3 Å². The van der Waals surface area contributed by atoms with Crippen molar-refractivity contribution in [3.8, 4) is 6.07 Å². The third-order valence-electron chi connectivity index (χ3n) is 6.35. The van der Waals surface area contributed by atoms with Crippen molar-refractivity contribution in [2.45, 2.75) is 51.2 Å². The van der Waals surface area contributed by atoms with Crippen LogP contribution in [0.15, 0.2) is 60.7 Å². The molecule has 2 aliphatic rings. The molecule has 0 aliphatic heterocycles. The van der Waals surface area contributed by atoms with Crippen molar-refractivity contribution in [3.05, 3.63) is 60.7 Å². The molecule has 0 amide bonds. The molecule has 2 aromatic carbocycles. The highest BCUT2D eigenvalue weighted by atomic mass is 28.4. The predicted molar refractivity (Wildman–Crippen MR) is 108 cm³/mol. The predicted octanol–water partition coefficient (Wildman–Crippen LogP) is 4.26. The zero-order chi connectivity index (χ0) is 18.4. The summed E-state index contributed by atoms with van der Waals surface area (Å²) in [7, 11) is -2.48. The topological polar surface area (TPSA) is 33.0 Å². The van der Waals surface area contributed by atoms with Crippen LogP contribution in [0.4, 0.5) is 0 Å². The number of rotatable bonds is 4. The summed E-state index contributed by atoms with van der Waals surface area (Å²) in [6.45, 7) is 6.94. The van der Waals surface area contributed by atoms with Crippen molar-refractivity contribution in [1.82, 2.24) is 0 Å². The second-order valence-electron chi connectivity index (χ2n) is 9.01. The molecule has 26 heavy (non-hydrogen) atoms. The van der Waals surface area contributed by atoms with Gasteiger partial charge in [-0.2, -0.15) is 5.26 Å². The first kappa shape index (κ1) is 17.5. The second kappa shape index (κ2) is 6.08. The van der Waals surface area contributed by atoms with Crippen LogP contribution in [0.2, 0.25) is 5.04 Å². The maximum Gasteiger partial charge on any atom is 0.261 e. The average molecular weight is 362 g/mol. The highest BCUT2D eigenvalue weighted by Gasteiger charge is 2.63. The monoisotopic (exact) mass is 361 g/mol. The summed E-state index contributed by atoms with van der Waals surface area (Å²) < 4.78 is 7.15. The third-order valence-corrected chi connectivity index (χ3v) is 11.4. The van der Waals surface area contributed by atoms with E-state index in [4.69, 9.17) is 4.43 Å². The molecule has 2 nitrogen and oxygen atoms in total. The third kappa shape index (κ3) is 2.64. The van der Waals surface area contributed by atoms with Crippen molar-refractivity contribution < 1.29 is 4.43 Å². The van der Waals surface area contributed by atoms with Gasteiger partial charge in [0.1, 0.15) is 0 Å². The molecule has 2 saturated carbocycles. The second-order valence-corrected chi connectivity index (χ2v) is 13.3. The smallest absolute Gasteiger partial charge is 0.261 e. The van der Waals surface area contributed by atoms with E-state index in [9.17, 15) is 5.26 Å². The van der Waals surface area contributed by atoms with Crippen LogP contribution in [0.25, 0.3) is 0 Å². The van der Waals surface area contributed by atoms with Crippen molar-refractivity contribution in [2.75, 3.05) is 0 Å². The summed E-state index contributed by atoms with van der Waals surface area (Å²) in [5, 5.41) is 12.2. The molecule has 0 spiro atoms. The molecule has 0 saturated heterocycles. The zero-order valence-electron chi connectivity index (χ0n) is 15.9. The van der Waals surface area contributed by atoms with Crippen LogP contribution in [-0.4, -0.2) is 14.4 Å². The van der Waals surface area contributed by atoms with Gasteiger partial charge >= 0.3 is 0 Å². The van der Waals surface area contributed by atoms with Gasteiger partial charge in [-0.3, -0.25) is 0 Å². The summed E-state index contributed by atoms with van der Waals surface area (Å²) in [5.41, 5.74) is -0.0872. The summed E-state index contributed by atoms with van der Waals surface area (Å²) in [4.78, 5) is 0. The van der Waals surface area contributed by atoms with Crippen LogP contribution in [0, 0.1) is 22.7 Å². The molecular formula is C23H27NOSi. The lowest BCUT2D eigenvalue weighted by Crippen LogP contribution is -2.67. The molecule has 2 fully saturated rings. The molecule has 0 unspecified atom stereocenters. The summed E-state index contributed by atoms with van der Waals surface area (Å²) >= 11 is 0. The normalized spacial score (nSPS) is 27.6. The molecule has 2 aliphatic carbocycles. The standard InChI is InChI=1S/C23H27NOSi/c1-22(2,3)26(20-10-6-4-7-11-20,21-12-8-5-9-13-21)25-19-14-18-15-23(18,16-19)17-24/h4-13,18-19H,14-16H2,1-3H3/t18-,19-,23-/m1/s1. The van der Waals surface area contributed by atoms with E-state index in [-0.39, 0.29) is 16.6 Å². The highest BCUT2D eigenvalue weighted by molar-refractivity contribution is 6.99. The Morgan fingerprint density at radius 2 is 1.50 bits per heavy atom. The Hall–Kier alpha value is -1.89. The molecule has 0 heterocycles. The number of hydrogen-bond donors (Lipinski definition) is 0. The maximum absolute atomic E-state index is 9.58. The van der Waals surface area contributed by atoms with E-state index < -0.39 is 8.32 Å². The van der Waals surface area contributed by atoms with E-state index in [0.717, 1.165) is 19.3 Å². The lowest BCUT2D eigenvalue weighted by Gasteiger charge is -2.45. The van der Waals surface area contributed by atoms with Gasteiger partial charge in [0.15, 0.2) is 0 Å². The van der Waals surface area contributed by atoms with Gasteiger partial charge in [0.2, 0.25) is 0 Å². The Balaban J connectivity index is 1.80. The molecule has 0 aromatic heterocycles. The fourth-order valence-corrected chi connectivity index (χ4v) is 9.65. The minimum Gasteiger partial charge on any atom is -0.404 e. The van der Waals surface area contributed by atoms with E-state index >= 15 is 0 Å². The van der Waals surface area contributed by atoms with Gasteiger partial charge in [-0.1, -0.05) is 81.4 Å². The van der Waals surface area contributed by atoms with Gasteiger partial charge in [-0.05, 0) is 40.6 Å². The van der Waals surface area contributed by atoms with E-state index in [1.807, 2.05) is 0 Å². The summed E-state index contributed by atoms with van der Waals surface area (Å²) in [6, 6.07) is 24.2. The van der Waals surface area contributed by atoms with Crippen LogP contribution in [0.3, 0.4) is 0 Å². The van der Waals surface area contributed by atoms with Gasteiger partial charge in [0.25, 0.3) is 8.32 Å². The van der Waals surface area contributed by atoms with Crippen LogP contribution in [0.5, 0.6) is 0 Å². The Kier molecular flexibility index (Phi) is 4.09. The lowest BCUT2D eigenvalue weighted by molar-refractivity contribution is 0.176. The minimum absolute atomic E-state index is 0.00228. The number of benzene rings is 2. The molecule has 0 bridgehead atoms. The van der Waals surface area contributed by atoms with Gasteiger partial charge in [-0.15, -0.1) is 0 Å². The van der Waals surface area contributed by atoms with Crippen LogP contribution in [-0.2, 0) is 4.43 Å². The first-order valence-electron chi connectivity index (χ1n) is 9.61. The Bertz CT molecular complexity index is 781. The molecule has 3 heteroatoms. The first-order valence-corrected chi connectivity index (χ1v) is 11.5. The van der Waals surface area contributed by atoms with E-state index in [2.05, 4.69) is 87.5 Å². The van der Waals surface area contributed by atoms with E-state index in [1.165, 1.54) is 10.4 Å². The number of nitrogens with zero attached hydrogens (tertiary/aromatic N) is 1. The molecule has 3 atom stereocenters. The lowest BCUT2D eigenvalue weighted by atomic mass is 10.1. The van der Waals surface area contributed by atoms with E-state index in [0.29, 0.717) is 5.92 Å². The molecule has 0 radical (unpaired) electrons. The highest BCUT2D eigenvalue weighted by Crippen LogP contribution is 2.64. The zero-order valence-corrected chi connectivity index (χ0v) is 16.9. The molecule has 4 rings (SSSR count). The summed E-state index contributed by atoms with van der Waals surface area (Å²) in [6.07, 6.45) is 3.21. The van der Waals surface area contributed by atoms with Crippen molar-refractivity contribution >= 4 is 18.7 Å². The Morgan fingerprint density at radius 1 is 0.962 bits per heavy atom. The largest absolute Gasteiger partial charge is 0.404 e. The quantitative estimate of drug-likeness (QED) is 0.763. The average Bonchev–Trinajstić information content (AvgIpc) is 3.21. The maximum atomic E-state index is 9.58. The van der Waals surface area contributed by atoms with Crippen LogP contribution in [0.1, 0.15) is 40.0 Å². The van der Waals surface area contributed by atoms with Gasteiger partial charge in [0.05, 0.1) is 11.5 Å². The Morgan fingerprint density at radius 3 is 1.92 bits per heavy atom. The minimum atomic E-state index is -2.48. The number of hydrogen-bond acceptors (Lipinski definition) is 2. The number of nitriles is 1. The van der Waals surface area contributed by atoms with Crippen molar-refractivity contribution in [1.29, 1.82) is 5.26 Å². The fraction of sp³-hybridized carbons (Fsp3) is 0.435. The molecule has 2 aromatic rings. The summed E-state index contributed by atoms with van der Waals surface area (Å²) in [5.74, 6) is 0.552. The van der Waals surface area contributed by atoms with Gasteiger partial charge in [-0.25, -0.2) is 0 Å². The van der Waals surface area contributed by atoms with E-state index in [1.54, 1.807) is 0 Å². The van der Waals surface area contributed by atoms with Gasteiger partial charge < -0.3 is 4.43 Å². The molecular weight excluding hydrogens is 334 g/mol. The first-order chi connectivity index (χ1) is 12.4. The van der Waals surface area contributed by atoms with Crippen molar-refractivity contribution in [3.63, 3.8) is 0 Å². The van der Waals surface area contributed by atoms with Crippen LogP contribution >= 0.6 is 0 Å². The van der Waals surface area contributed by atoms with Gasteiger partial charge in [0, 0.05) is 6.10 Å². The fourth-order valence-electron chi connectivity index (χ4n) is 4.96.